The van der Waals surface area contributed by atoms with Crippen molar-refractivity contribution in [2.75, 3.05) is 0 Å². The van der Waals surface area contributed by atoms with Crippen molar-refractivity contribution < 1.29 is 30.0 Å². The molecule has 6 nitrogen and oxygen atoms in total. The maximum atomic E-state index is 10.4. The fourth-order valence-corrected chi connectivity index (χ4v) is 3.74. The van der Waals surface area contributed by atoms with Crippen LogP contribution in [0, 0.1) is 0 Å². The summed E-state index contributed by atoms with van der Waals surface area (Å²) in [6, 6.07) is 0. The second-order valence-corrected chi connectivity index (χ2v) is 11.1. The molecule has 2 atom stereocenters. The van der Waals surface area contributed by atoms with Gasteiger partial charge in [-0.15, -0.1) is 0 Å². The third-order valence-electron chi connectivity index (χ3n) is 6.43. The fraction of sp³-hybridized carbons (Fsp3) is 0.409. The molecule has 0 radical (unpaired) electrons. The van der Waals surface area contributed by atoms with Crippen LogP contribution >= 0.6 is 0 Å². The van der Waals surface area contributed by atoms with E-state index in [0.29, 0.717) is 12.8 Å². The summed E-state index contributed by atoms with van der Waals surface area (Å²) in [5.74, 6) is -1.64. The van der Waals surface area contributed by atoms with Crippen molar-refractivity contribution in [3.63, 3.8) is 0 Å². The molecule has 0 spiro atoms. The first-order chi connectivity index (χ1) is 24.3. The van der Waals surface area contributed by atoms with Crippen molar-refractivity contribution in [2.45, 2.75) is 116 Å². The molecule has 6 heteroatoms. The van der Waals surface area contributed by atoms with Crippen molar-refractivity contribution >= 4 is 11.9 Å². The van der Waals surface area contributed by atoms with E-state index in [9.17, 15) is 19.8 Å². The van der Waals surface area contributed by atoms with Gasteiger partial charge in [-0.1, -0.05) is 160 Å². The largest absolute Gasteiger partial charge is 0.481 e. The quantitative estimate of drug-likeness (QED) is 0.0480. The number of carboxylic acids is 2. The van der Waals surface area contributed by atoms with Gasteiger partial charge in [0.1, 0.15) is 0 Å². The Balaban J connectivity index is 0. The lowest BCUT2D eigenvalue weighted by Crippen LogP contribution is -2.05. The third kappa shape index (κ3) is 45.9. The monoisotopic (exact) mass is 688 g/mol. The Morgan fingerprint density at radius 3 is 1.22 bits per heavy atom. The van der Waals surface area contributed by atoms with Crippen molar-refractivity contribution in [3.05, 3.63) is 146 Å². The Bertz CT molecular complexity index is 1170. The SMILES string of the molecule is CC/C=C\C/C=C\C/C=C\C/C=C\C/C=C\C/C=C\CCC(=O)O.CC/C=C\C[C@H](O)/C=C/C=C\C/C=C\C/C=C\C=C\[C@@H](O)CCC(=O)O. The fourth-order valence-electron chi connectivity index (χ4n) is 3.74. The number of aliphatic carboxylic acids is 2. The van der Waals surface area contributed by atoms with Crippen LogP contribution in [0.15, 0.2) is 146 Å². The molecule has 50 heavy (non-hydrogen) atoms. The smallest absolute Gasteiger partial charge is 0.303 e. The molecule has 0 aromatic rings. The molecule has 276 valence electrons. The summed E-state index contributed by atoms with van der Waals surface area (Å²) in [6.45, 7) is 4.21. The van der Waals surface area contributed by atoms with Gasteiger partial charge in [-0.25, -0.2) is 0 Å². The van der Waals surface area contributed by atoms with Crippen LogP contribution in [0.5, 0.6) is 0 Å². The van der Waals surface area contributed by atoms with Gasteiger partial charge >= 0.3 is 11.9 Å². The van der Waals surface area contributed by atoms with Crippen molar-refractivity contribution in [1.29, 1.82) is 0 Å². The lowest BCUT2D eigenvalue weighted by Gasteiger charge is -2.00. The average Bonchev–Trinajstić information content (AvgIpc) is 3.09. The molecular formula is C44H64O6. The highest BCUT2D eigenvalue weighted by Crippen LogP contribution is 2.01. The Kier molecular flexibility index (Phi) is 39.2. The van der Waals surface area contributed by atoms with Gasteiger partial charge in [0, 0.05) is 12.8 Å². The summed E-state index contributed by atoms with van der Waals surface area (Å²) in [5.41, 5.74) is 0. The highest BCUT2D eigenvalue weighted by Gasteiger charge is 2.02. The number of aliphatic hydroxyl groups excluding tert-OH is 2. The first-order valence-electron chi connectivity index (χ1n) is 18.0. The standard InChI is InChI=1S/C22H32O4.C22H32O2/c1-2-3-12-15-20(23)16-13-10-8-6-4-5-7-9-11-14-17-21(24)18-19-22(25)26;1-2-3-4-5-6-7-8-9-10-11-12-13-14-15-16-17-18-19-20-21-22(23)24/h3-5,8-14,16-17,20-21,23-24H,2,6-7,15,18-19H2,1H3,(H,25,26);3-4,6-7,9-10,12-13,15-16,18-19H,2,5,8,11,14,17,20-21H2,1H3,(H,23,24)/b5-4-,10-8-,11-9-,12-3-,16-13+,17-14+;4-3-,7-6-,10-9-,13-12-,16-15-,19-18-/t20-,21+;/m0./s1. The van der Waals surface area contributed by atoms with E-state index in [2.05, 4.69) is 80.7 Å². The number of carbonyl (C=O) groups is 2. The highest BCUT2D eigenvalue weighted by atomic mass is 16.4. The molecular weight excluding hydrogens is 624 g/mol. The first-order valence-corrected chi connectivity index (χ1v) is 18.0. The van der Waals surface area contributed by atoms with Crippen molar-refractivity contribution in [2.24, 2.45) is 0 Å². The van der Waals surface area contributed by atoms with E-state index >= 15 is 0 Å². The van der Waals surface area contributed by atoms with Gasteiger partial charge in [-0.2, -0.15) is 0 Å². The van der Waals surface area contributed by atoms with Gasteiger partial charge in [-0.05, 0) is 77.0 Å². The number of rotatable bonds is 28. The first kappa shape index (κ1) is 47.9. The molecule has 0 aliphatic rings. The lowest BCUT2D eigenvalue weighted by molar-refractivity contribution is -0.138. The van der Waals surface area contributed by atoms with Gasteiger partial charge in [0.15, 0.2) is 0 Å². The Labute approximate surface area is 303 Å². The normalized spacial score (nSPS) is 14.3. The molecule has 0 saturated heterocycles. The summed E-state index contributed by atoms with van der Waals surface area (Å²) in [7, 11) is 0. The maximum absolute atomic E-state index is 10.4. The maximum Gasteiger partial charge on any atom is 0.303 e. The number of carboxylic acid groups (broad SMARTS) is 2. The molecule has 0 amide bonds. The van der Waals surface area contributed by atoms with Crippen molar-refractivity contribution in [3.8, 4) is 0 Å². The van der Waals surface area contributed by atoms with Crippen LogP contribution in [-0.2, 0) is 9.59 Å². The third-order valence-corrected chi connectivity index (χ3v) is 6.43. The van der Waals surface area contributed by atoms with E-state index in [-0.39, 0.29) is 19.3 Å². The van der Waals surface area contributed by atoms with Gasteiger partial charge in [0.05, 0.1) is 12.2 Å². The zero-order valence-corrected chi connectivity index (χ0v) is 30.5. The van der Waals surface area contributed by atoms with Crippen LogP contribution in [0.3, 0.4) is 0 Å². The lowest BCUT2D eigenvalue weighted by atomic mass is 10.2. The minimum absolute atomic E-state index is 0.0322. The van der Waals surface area contributed by atoms with E-state index in [0.717, 1.165) is 57.8 Å². The molecule has 0 rings (SSSR count). The van der Waals surface area contributed by atoms with Crippen LogP contribution in [0.1, 0.15) is 104 Å². The number of hydrogen-bond donors (Lipinski definition) is 4. The van der Waals surface area contributed by atoms with Gasteiger partial charge in [-0.3, -0.25) is 9.59 Å². The summed E-state index contributed by atoms with van der Waals surface area (Å²) in [4.78, 5) is 20.7. The Hall–Kier alpha value is -4.26. The number of allylic oxidation sites excluding steroid dienone is 21. The summed E-state index contributed by atoms with van der Waals surface area (Å²) in [5, 5.41) is 36.2. The van der Waals surface area contributed by atoms with Crippen LogP contribution < -0.4 is 0 Å². The molecule has 0 unspecified atom stereocenters. The van der Waals surface area contributed by atoms with Crippen LogP contribution in [0.2, 0.25) is 0 Å². The topological polar surface area (TPSA) is 115 Å². The molecule has 0 saturated carbocycles. The predicted molar refractivity (Wildman–Crippen MR) is 213 cm³/mol. The van der Waals surface area contributed by atoms with Gasteiger partial charge < -0.3 is 20.4 Å². The molecule has 0 aromatic heterocycles. The van der Waals surface area contributed by atoms with Crippen LogP contribution in [0.25, 0.3) is 0 Å². The minimum Gasteiger partial charge on any atom is -0.481 e. The van der Waals surface area contributed by atoms with E-state index < -0.39 is 24.1 Å². The zero-order valence-electron chi connectivity index (χ0n) is 30.5. The molecule has 0 aromatic carbocycles. The second kappa shape index (κ2) is 40.9. The van der Waals surface area contributed by atoms with Crippen molar-refractivity contribution in [1.82, 2.24) is 0 Å². The van der Waals surface area contributed by atoms with E-state index in [1.807, 2.05) is 60.8 Å². The van der Waals surface area contributed by atoms with E-state index in [1.54, 1.807) is 18.2 Å². The summed E-state index contributed by atoms with van der Waals surface area (Å²) in [6.07, 6.45) is 57.6. The zero-order chi connectivity index (χ0) is 37.2. The highest BCUT2D eigenvalue weighted by molar-refractivity contribution is 5.67. The predicted octanol–water partition coefficient (Wildman–Crippen LogP) is 11.0. The number of aliphatic hydroxyl groups is 2. The molecule has 0 heterocycles. The summed E-state index contributed by atoms with van der Waals surface area (Å²) < 4.78 is 0. The Morgan fingerprint density at radius 2 is 0.800 bits per heavy atom. The molecule has 0 fully saturated rings. The van der Waals surface area contributed by atoms with Crippen LogP contribution in [-0.4, -0.2) is 44.6 Å². The van der Waals surface area contributed by atoms with E-state index in [4.69, 9.17) is 10.2 Å². The summed E-state index contributed by atoms with van der Waals surface area (Å²) >= 11 is 0. The van der Waals surface area contributed by atoms with Gasteiger partial charge in [0.25, 0.3) is 0 Å². The Morgan fingerprint density at radius 1 is 0.440 bits per heavy atom. The molecule has 4 N–H and O–H groups in total. The second-order valence-electron chi connectivity index (χ2n) is 11.1. The molecule has 0 aliphatic heterocycles. The average molecular weight is 689 g/mol. The van der Waals surface area contributed by atoms with Gasteiger partial charge in [0.2, 0.25) is 0 Å². The molecule has 0 bridgehead atoms. The number of hydrogen-bond acceptors (Lipinski definition) is 4. The van der Waals surface area contributed by atoms with E-state index in [1.165, 1.54) is 0 Å². The minimum atomic E-state index is -0.900. The van der Waals surface area contributed by atoms with Crippen LogP contribution in [0.4, 0.5) is 0 Å². The molecule has 0 aliphatic carbocycles.